The smallest absolute Gasteiger partial charge is 0.270 e. The van der Waals surface area contributed by atoms with Gasteiger partial charge in [0.1, 0.15) is 11.7 Å². The zero-order chi connectivity index (χ0) is 28.6. The fraction of sp³-hybridized carbons (Fsp3) is 0.286. The molecule has 0 unspecified atom stereocenters. The van der Waals surface area contributed by atoms with E-state index in [1.165, 1.54) is 12.1 Å². The van der Waals surface area contributed by atoms with Crippen molar-refractivity contribution in [2.45, 2.75) is 25.1 Å². The Morgan fingerprint density at radius 3 is 2.55 bits per heavy atom. The van der Waals surface area contributed by atoms with Crippen LogP contribution >= 0.6 is 23.8 Å². The number of non-ortho nitro benzene ring substituents is 1. The lowest BCUT2D eigenvalue weighted by Gasteiger charge is -2.56. The molecule has 5 rings (SSSR count). The summed E-state index contributed by atoms with van der Waals surface area (Å²) in [6.45, 7) is 2.23. The van der Waals surface area contributed by atoms with Gasteiger partial charge in [-0.1, -0.05) is 17.7 Å². The Hall–Kier alpha value is -4.09. The lowest BCUT2D eigenvalue weighted by molar-refractivity contribution is -0.385. The van der Waals surface area contributed by atoms with E-state index in [-0.39, 0.29) is 11.6 Å². The number of nitrogens with one attached hydrogen (secondary N) is 2. The van der Waals surface area contributed by atoms with Crippen LogP contribution in [0.5, 0.6) is 17.2 Å². The maximum Gasteiger partial charge on any atom is 0.270 e. The van der Waals surface area contributed by atoms with Gasteiger partial charge < -0.3 is 29.7 Å². The lowest BCUT2D eigenvalue weighted by Crippen LogP contribution is -2.71. The number of hydrogen-bond acceptors (Lipinski definition) is 7. The Morgan fingerprint density at radius 1 is 1.15 bits per heavy atom. The minimum atomic E-state index is -1.21. The number of halogens is 1. The van der Waals surface area contributed by atoms with Crippen molar-refractivity contribution in [3.63, 3.8) is 0 Å². The van der Waals surface area contributed by atoms with Gasteiger partial charge in [0.05, 0.1) is 25.2 Å². The minimum Gasteiger partial charge on any atom is -0.493 e. The first-order chi connectivity index (χ1) is 19.1. The van der Waals surface area contributed by atoms with E-state index >= 15 is 0 Å². The zero-order valence-electron chi connectivity index (χ0n) is 22.0. The van der Waals surface area contributed by atoms with Crippen LogP contribution in [0.2, 0.25) is 5.02 Å². The highest BCUT2D eigenvalue weighted by Crippen LogP contribution is 2.49. The van der Waals surface area contributed by atoms with Crippen LogP contribution in [0.15, 0.2) is 60.7 Å². The molecule has 0 spiro atoms. The van der Waals surface area contributed by atoms with Gasteiger partial charge in [-0.05, 0) is 73.6 Å². The lowest BCUT2D eigenvalue weighted by atomic mass is 9.78. The molecule has 3 aromatic rings. The summed E-state index contributed by atoms with van der Waals surface area (Å²) in [4.78, 5) is 26.8. The number of nitrogens with zero attached hydrogens (tertiary/aromatic N) is 2. The zero-order valence-corrected chi connectivity index (χ0v) is 23.5. The normalized spacial score (nSPS) is 21.0. The topological polar surface area (TPSA) is 115 Å². The molecule has 2 aliphatic rings. The predicted octanol–water partition coefficient (Wildman–Crippen LogP) is 5.10. The van der Waals surface area contributed by atoms with Crippen molar-refractivity contribution < 1.29 is 23.9 Å². The fourth-order valence-corrected chi connectivity index (χ4v) is 5.83. The van der Waals surface area contributed by atoms with Gasteiger partial charge in [0, 0.05) is 35.0 Å². The SMILES string of the molecule is COc1ccc(CCN2C(=S)N[C@@H]3c4cc([N+](=O)[O-])ccc4O[C@@]2(C)[C@@H]3C(=O)Nc2ccc(Cl)cc2)cc1OC. The molecule has 3 aromatic carbocycles. The molecule has 2 bridgehead atoms. The van der Waals surface area contributed by atoms with E-state index < -0.39 is 22.6 Å². The quantitative estimate of drug-likeness (QED) is 0.212. The fourth-order valence-electron chi connectivity index (χ4n) is 5.31. The number of fused-ring (bicyclic) bond motifs is 4. The molecule has 40 heavy (non-hydrogen) atoms. The molecule has 1 saturated heterocycles. The highest BCUT2D eigenvalue weighted by molar-refractivity contribution is 7.80. The van der Waals surface area contributed by atoms with Crippen molar-refractivity contribution in [1.29, 1.82) is 0 Å². The maximum atomic E-state index is 13.9. The summed E-state index contributed by atoms with van der Waals surface area (Å²) < 4.78 is 17.3. The predicted molar refractivity (Wildman–Crippen MR) is 154 cm³/mol. The molecule has 0 radical (unpaired) electrons. The van der Waals surface area contributed by atoms with Crippen LogP contribution in [-0.2, 0) is 11.2 Å². The molecule has 2 aliphatic heterocycles. The van der Waals surface area contributed by atoms with E-state index in [0.29, 0.717) is 51.6 Å². The maximum absolute atomic E-state index is 13.9. The average Bonchev–Trinajstić information content (AvgIpc) is 2.93. The molecule has 0 aromatic heterocycles. The van der Waals surface area contributed by atoms with Gasteiger partial charge in [0.25, 0.3) is 5.69 Å². The van der Waals surface area contributed by atoms with E-state index in [0.717, 1.165) is 5.56 Å². The number of amides is 1. The Labute approximate surface area is 241 Å². The molecule has 1 fully saturated rings. The average molecular weight is 583 g/mol. The van der Waals surface area contributed by atoms with E-state index in [1.807, 2.05) is 30.0 Å². The number of rotatable bonds is 8. The molecular formula is C28H27ClN4O6S. The summed E-state index contributed by atoms with van der Waals surface area (Å²) in [5.74, 6) is 0.513. The molecule has 10 nitrogen and oxygen atoms in total. The number of carbonyl (C=O) groups excluding carboxylic acids is 1. The van der Waals surface area contributed by atoms with Crippen LogP contribution in [0.3, 0.4) is 0 Å². The number of hydrogen-bond donors (Lipinski definition) is 2. The summed E-state index contributed by atoms with van der Waals surface area (Å²) in [6, 6.07) is 16.1. The number of nitro benzene ring substituents is 1. The third kappa shape index (κ3) is 4.98. The second-order valence-electron chi connectivity index (χ2n) is 9.63. The number of benzene rings is 3. The van der Waals surface area contributed by atoms with Gasteiger partial charge in [-0.2, -0.15) is 0 Å². The molecule has 0 saturated carbocycles. The Kier molecular flexibility index (Phi) is 7.43. The summed E-state index contributed by atoms with van der Waals surface area (Å²) in [5.41, 5.74) is 0.709. The van der Waals surface area contributed by atoms with Gasteiger partial charge in [-0.25, -0.2) is 0 Å². The van der Waals surface area contributed by atoms with Gasteiger partial charge in [0.2, 0.25) is 5.91 Å². The van der Waals surface area contributed by atoms with E-state index in [9.17, 15) is 14.9 Å². The van der Waals surface area contributed by atoms with E-state index in [2.05, 4.69) is 10.6 Å². The van der Waals surface area contributed by atoms with Gasteiger partial charge in [0.15, 0.2) is 22.3 Å². The van der Waals surface area contributed by atoms with Crippen molar-refractivity contribution in [2.24, 2.45) is 5.92 Å². The number of nitro groups is 1. The Bertz CT molecular complexity index is 1490. The van der Waals surface area contributed by atoms with E-state index in [1.54, 1.807) is 44.6 Å². The standard InChI is InChI=1S/C28H27ClN4O6S/c1-28-24(26(34)30-18-7-5-17(29)6-8-18)25(20-15-19(33(35)36)9-11-21(20)39-28)31-27(40)32(28)13-12-16-4-10-22(37-2)23(14-16)38-3/h4-11,14-15,24-25H,12-13H2,1-3H3,(H,30,34)(H,31,40)/t24-,25+,28-/m0/s1. The molecule has 2 heterocycles. The largest absolute Gasteiger partial charge is 0.493 e. The third-order valence-corrected chi connectivity index (χ3v) is 7.88. The summed E-state index contributed by atoms with van der Waals surface area (Å²) >= 11 is 11.8. The van der Waals surface area contributed by atoms with Crippen LogP contribution in [-0.4, -0.2) is 47.3 Å². The van der Waals surface area contributed by atoms with Crippen molar-refractivity contribution >= 4 is 46.2 Å². The molecule has 2 N–H and O–H groups in total. The van der Waals surface area contributed by atoms with Crippen molar-refractivity contribution in [1.82, 2.24) is 10.2 Å². The molecule has 1 amide bonds. The number of methoxy groups -OCH3 is 2. The molecule has 3 atom stereocenters. The highest BCUT2D eigenvalue weighted by Gasteiger charge is 2.58. The van der Waals surface area contributed by atoms with Crippen molar-refractivity contribution in [3.8, 4) is 17.2 Å². The molecule has 208 valence electrons. The number of ether oxygens (including phenoxy) is 3. The van der Waals surface area contributed by atoms with Crippen LogP contribution < -0.4 is 24.8 Å². The number of anilines is 1. The van der Waals surface area contributed by atoms with E-state index in [4.69, 9.17) is 38.0 Å². The minimum absolute atomic E-state index is 0.105. The number of thiocarbonyl (C=S) groups is 1. The van der Waals surface area contributed by atoms with Crippen molar-refractivity contribution in [3.05, 3.63) is 86.9 Å². The van der Waals surface area contributed by atoms with Crippen LogP contribution in [0.1, 0.15) is 24.1 Å². The first kappa shape index (κ1) is 27.5. The Balaban J connectivity index is 1.51. The van der Waals surface area contributed by atoms with Gasteiger partial charge in [-0.3, -0.25) is 14.9 Å². The van der Waals surface area contributed by atoms with Crippen LogP contribution in [0, 0.1) is 16.0 Å². The summed E-state index contributed by atoms with van der Waals surface area (Å²) in [7, 11) is 3.16. The first-order valence-corrected chi connectivity index (χ1v) is 13.3. The van der Waals surface area contributed by atoms with Gasteiger partial charge >= 0.3 is 0 Å². The summed E-state index contributed by atoms with van der Waals surface area (Å²) in [6.07, 6.45) is 0.560. The van der Waals surface area contributed by atoms with Crippen molar-refractivity contribution in [2.75, 3.05) is 26.1 Å². The van der Waals surface area contributed by atoms with Gasteiger partial charge in [-0.15, -0.1) is 0 Å². The monoisotopic (exact) mass is 582 g/mol. The van der Waals surface area contributed by atoms with Crippen LogP contribution in [0.4, 0.5) is 11.4 Å². The first-order valence-electron chi connectivity index (χ1n) is 12.5. The van der Waals surface area contributed by atoms with Crippen LogP contribution in [0.25, 0.3) is 0 Å². The summed E-state index contributed by atoms with van der Waals surface area (Å²) in [5, 5.41) is 18.7. The highest BCUT2D eigenvalue weighted by atomic mass is 35.5. The third-order valence-electron chi connectivity index (χ3n) is 7.29. The second-order valence-corrected chi connectivity index (χ2v) is 10.5. The molecule has 12 heteroatoms. The second kappa shape index (κ2) is 10.8. The Morgan fingerprint density at radius 2 is 1.88 bits per heavy atom. The molecular weight excluding hydrogens is 556 g/mol. The molecule has 0 aliphatic carbocycles. The number of carbonyl (C=O) groups is 1.